The monoisotopic (exact) mass is 250 g/mol. The van der Waals surface area contributed by atoms with Crippen LogP contribution in [0.5, 0.6) is 0 Å². The molecule has 1 aliphatic heterocycles. The first-order chi connectivity index (χ1) is 8.69. The van der Waals surface area contributed by atoms with Gasteiger partial charge in [-0.2, -0.15) is 0 Å². The van der Waals surface area contributed by atoms with E-state index in [0.29, 0.717) is 12.0 Å². The number of rotatable bonds is 3. The third-order valence-electron chi connectivity index (χ3n) is 4.91. The third-order valence-corrected chi connectivity index (χ3v) is 4.91. The Hall–Kier alpha value is -1.06. The molecule has 2 saturated carbocycles. The fourth-order valence-electron chi connectivity index (χ4n) is 4.09. The molecule has 1 N–H and O–H groups in total. The molecule has 18 heavy (non-hydrogen) atoms. The van der Waals surface area contributed by atoms with Gasteiger partial charge in [0.25, 0.3) is 0 Å². The molecule has 0 radical (unpaired) electrons. The summed E-state index contributed by atoms with van der Waals surface area (Å²) in [7, 11) is 0. The standard InChI is InChI=1S/C14H22N2O2/c1-2-3-11-14(18)16(8-13(17)15-11)12-7-9-4-5-10(12)6-9/h9-12H,2-8H2,1H3,(H,15,17). The molecule has 0 aromatic heterocycles. The van der Waals surface area contributed by atoms with Crippen LogP contribution in [0.25, 0.3) is 0 Å². The lowest BCUT2D eigenvalue weighted by atomic mass is 9.92. The van der Waals surface area contributed by atoms with E-state index in [4.69, 9.17) is 0 Å². The maximum absolute atomic E-state index is 12.4. The minimum atomic E-state index is -0.268. The Labute approximate surface area is 108 Å². The molecule has 4 nitrogen and oxygen atoms in total. The molecule has 3 aliphatic rings. The Kier molecular flexibility index (Phi) is 3.04. The van der Waals surface area contributed by atoms with Gasteiger partial charge in [-0.15, -0.1) is 0 Å². The highest BCUT2D eigenvalue weighted by Crippen LogP contribution is 2.46. The van der Waals surface area contributed by atoms with Crippen molar-refractivity contribution in [2.45, 2.75) is 57.5 Å². The van der Waals surface area contributed by atoms with Crippen LogP contribution in [0, 0.1) is 11.8 Å². The van der Waals surface area contributed by atoms with E-state index in [1.165, 1.54) is 19.3 Å². The van der Waals surface area contributed by atoms with Crippen LogP contribution in [0.1, 0.15) is 45.4 Å². The largest absolute Gasteiger partial charge is 0.343 e. The quantitative estimate of drug-likeness (QED) is 0.821. The minimum Gasteiger partial charge on any atom is -0.343 e. The molecule has 1 heterocycles. The molecule has 4 heteroatoms. The SMILES string of the molecule is CCCC1NC(=O)CN(C2CC3CCC2C3)C1=O. The number of hydrogen-bond donors (Lipinski definition) is 1. The van der Waals surface area contributed by atoms with Crippen LogP contribution in [0.2, 0.25) is 0 Å². The molecule has 0 aromatic rings. The van der Waals surface area contributed by atoms with Crippen molar-refractivity contribution in [3.8, 4) is 0 Å². The maximum Gasteiger partial charge on any atom is 0.245 e. The zero-order valence-corrected chi connectivity index (χ0v) is 11.0. The number of nitrogens with zero attached hydrogens (tertiary/aromatic N) is 1. The molecule has 3 fully saturated rings. The predicted octanol–water partition coefficient (Wildman–Crippen LogP) is 1.30. The number of piperazine rings is 1. The summed E-state index contributed by atoms with van der Waals surface area (Å²) in [4.78, 5) is 26.1. The molecule has 2 amide bonds. The van der Waals surface area contributed by atoms with Gasteiger partial charge in [-0.1, -0.05) is 19.8 Å². The van der Waals surface area contributed by atoms with E-state index in [1.54, 1.807) is 0 Å². The van der Waals surface area contributed by atoms with Crippen molar-refractivity contribution in [1.29, 1.82) is 0 Å². The number of amides is 2. The lowest BCUT2D eigenvalue weighted by molar-refractivity contribution is -0.147. The number of carbonyl (C=O) groups is 2. The molecule has 2 aliphatic carbocycles. The summed E-state index contributed by atoms with van der Waals surface area (Å²) in [6.07, 6.45) is 6.67. The lowest BCUT2D eigenvalue weighted by Gasteiger charge is -2.39. The van der Waals surface area contributed by atoms with E-state index in [9.17, 15) is 9.59 Å². The summed E-state index contributed by atoms with van der Waals surface area (Å²) in [5.41, 5.74) is 0. The van der Waals surface area contributed by atoms with Crippen molar-refractivity contribution in [2.24, 2.45) is 11.8 Å². The van der Waals surface area contributed by atoms with Crippen LogP contribution in [-0.4, -0.2) is 35.3 Å². The number of fused-ring (bicyclic) bond motifs is 2. The van der Waals surface area contributed by atoms with E-state index >= 15 is 0 Å². The Bertz CT molecular complexity index is 369. The Balaban J connectivity index is 1.74. The Morgan fingerprint density at radius 3 is 2.72 bits per heavy atom. The molecule has 0 spiro atoms. The second kappa shape index (κ2) is 4.56. The second-order valence-electron chi connectivity index (χ2n) is 6.12. The summed E-state index contributed by atoms with van der Waals surface area (Å²) in [5.74, 6) is 1.65. The highest BCUT2D eigenvalue weighted by molar-refractivity contribution is 5.95. The van der Waals surface area contributed by atoms with Crippen molar-refractivity contribution < 1.29 is 9.59 Å². The van der Waals surface area contributed by atoms with Crippen LogP contribution in [-0.2, 0) is 9.59 Å². The van der Waals surface area contributed by atoms with Crippen molar-refractivity contribution in [2.75, 3.05) is 6.54 Å². The normalized spacial score (nSPS) is 39.3. The average molecular weight is 250 g/mol. The molecular weight excluding hydrogens is 228 g/mol. The van der Waals surface area contributed by atoms with Gasteiger partial charge in [0, 0.05) is 6.04 Å². The summed E-state index contributed by atoms with van der Waals surface area (Å²) in [6, 6.07) is 0.0806. The van der Waals surface area contributed by atoms with Gasteiger partial charge in [0.05, 0.1) is 6.54 Å². The maximum atomic E-state index is 12.4. The highest BCUT2D eigenvalue weighted by atomic mass is 16.2. The third kappa shape index (κ3) is 1.91. The van der Waals surface area contributed by atoms with Crippen LogP contribution in [0.4, 0.5) is 0 Å². The van der Waals surface area contributed by atoms with Crippen molar-refractivity contribution in [3.63, 3.8) is 0 Å². The van der Waals surface area contributed by atoms with Crippen LogP contribution in [0.3, 0.4) is 0 Å². The van der Waals surface area contributed by atoms with Gasteiger partial charge in [0.15, 0.2) is 0 Å². The van der Waals surface area contributed by atoms with Crippen LogP contribution in [0.15, 0.2) is 0 Å². The number of hydrogen-bond acceptors (Lipinski definition) is 2. The fraction of sp³-hybridized carbons (Fsp3) is 0.857. The molecule has 0 aromatic carbocycles. The zero-order chi connectivity index (χ0) is 12.7. The van der Waals surface area contributed by atoms with E-state index in [-0.39, 0.29) is 24.4 Å². The molecular formula is C14H22N2O2. The summed E-state index contributed by atoms with van der Waals surface area (Å²) < 4.78 is 0. The van der Waals surface area contributed by atoms with Gasteiger partial charge in [0.2, 0.25) is 11.8 Å². The molecule has 100 valence electrons. The molecule has 3 rings (SSSR count). The topological polar surface area (TPSA) is 49.4 Å². The fourth-order valence-corrected chi connectivity index (χ4v) is 4.09. The second-order valence-corrected chi connectivity index (χ2v) is 6.12. The smallest absolute Gasteiger partial charge is 0.245 e. The Morgan fingerprint density at radius 2 is 2.11 bits per heavy atom. The summed E-state index contributed by atoms with van der Waals surface area (Å²) >= 11 is 0. The van der Waals surface area contributed by atoms with E-state index in [2.05, 4.69) is 12.2 Å². The first-order valence-corrected chi connectivity index (χ1v) is 7.29. The average Bonchev–Trinajstić information content (AvgIpc) is 2.95. The van der Waals surface area contributed by atoms with Gasteiger partial charge in [-0.05, 0) is 37.5 Å². The van der Waals surface area contributed by atoms with Gasteiger partial charge >= 0.3 is 0 Å². The van der Waals surface area contributed by atoms with Crippen molar-refractivity contribution in [1.82, 2.24) is 10.2 Å². The number of carbonyl (C=O) groups excluding carboxylic acids is 2. The zero-order valence-electron chi connectivity index (χ0n) is 11.0. The molecule has 1 saturated heterocycles. The molecule has 4 atom stereocenters. The molecule has 2 bridgehead atoms. The van der Waals surface area contributed by atoms with Crippen molar-refractivity contribution >= 4 is 11.8 Å². The van der Waals surface area contributed by atoms with E-state index < -0.39 is 0 Å². The first kappa shape index (κ1) is 12.0. The van der Waals surface area contributed by atoms with Crippen molar-refractivity contribution in [3.05, 3.63) is 0 Å². The van der Waals surface area contributed by atoms with E-state index in [1.807, 2.05) is 4.90 Å². The lowest BCUT2D eigenvalue weighted by Crippen LogP contribution is -2.61. The van der Waals surface area contributed by atoms with E-state index in [0.717, 1.165) is 25.2 Å². The predicted molar refractivity (Wildman–Crippen MR) is 67.8 cm³/mol. The first-order valence-electron chi connectivity index (χ1n) is 7.29. The summed E-state index contributed by atoms with van der Waals surface area (Å²) in [5, 5.41) is 2.83. The minimum absolute atomic E-state index is 0.0239. The van der Waals surface area contributed by atoms with Gasteiger partial charge in [-0.25, -0.2) is 0 Å². The highest BCUT2D eigenvalue weighted by Gasteiger charge is 2.46. The van der Waals surface area contributed by atoms with Crippen LogP contribution >= 0.6 is 0 Å². The number of nitrogens with one attached hydrogen (secondary N) is 1. The van der Waals surface area contributed by atoms with Gasteiger partial charge in [0.1, 0.15) is 6.04 Å². The Morgan fingerprint density at radius 1 is 1.28 bits per heavy atom. The van der Waals surface area contributed by atoms with Gasteiger partial charge < -0.3 is 10.2 Å². The van der Waals surface area contributed by atoms with Gasteiger partial charge in [-0.3, -0.25) is 9.59 Å². The summed E-state index contributed by atoms with van der Waals surface area (Å²) in [6.45, 7) is 2.34. The van der Waals surface area contributed by atoms with Crippen LogP contribution < -0.4 is 5.32 Å². The molecule has 4 unspecified atom stereocenters.